The van der Waals surface area contributed by atoms with Crippen LogP contribution < -0.4 is 15.8 Å². The van der Waals surface area contributed by atoms with Crippen LogP contribution in [0.3, 0.4) is 0 Å². The molecule has 10 heteroatoms. The van der Waals surface area contributed by atoms with Crippen molar-refractivity contribution in [1.29, 1.82) is 0 Å². The number of nitrogens with two attached hydrogens (primary N) is 1. The van der Waals surface area contributed by atoms with Crippen molar-refractivity contribution >= 4 is 44.9 Å². The van der Waals surface area contributed by atoms with Gasteiger partial charge >= 0.3 is 5.97 Å². The van der Waals surface area contributed by atoms with Crippen LogP contribution in [0.25, 0.3) is 0 Å². The molecule has 0 radical (unpaired) electrons. The minimum Gasteiger partial charge on any atom is -0.449 e. The van der Waals surface area contributed by atoms with Crippen molar-refractivity contribution in [2.45, 2.75) is 37.8 Å². The zero-order chi connectivity index (χ0) is 21.8. The Morgan fingerprint density at radius 2 is 1.69 bits per heavy atom. The lowest BCUT2D eigenvalue weighted by atomic mass is 10.2. The molecule has 0 aliphatic rings. The molecule has 29 heavy (non-hydrogen) atoms. The van der Waals surface area contributed by atoms with Crippen LogP contribution in [0.1, 0.15) is 31.1 Å². The number of hydrogen-bond acceptors (Lipinski definition) is 6. The first-order valence-electron chi connectivity index (χ1n) is 8.69. The van der Waals surface area contributed by atoms with E-state index in [2.05, 4.69) is 10.0 Å². The molecule has 0 aliphatic heterocycles. The number of ether oxygens (including phenoxy) is 1. The Morgan fingerprint density at radius 1 is 1.07 bits per heavy atom. The topological polar surface area (TPSA) is 128 Å². The second kappa shape index (κ2) is 9.25. The zero-order valence-corrected chi connectivity index (χ0v) is 17.7. The van der Waals surface area contributed by atoms with Crippen LogP contribution in [0, 0.1) is 0 Å². The molecular weight excluding hydrogens is 418 g/mol. The first-order chi connectivity index (χ1) is 13.5. The molecule has 0 saturated heterocycles. The summed E-state index contributed by atoms with van der Waals surface area (Å²) >= 11 is 5.79. The van der Waals surface area contributed by atoms with Crippen LogP contribution in [0.15, 0.2) is 47.4 Å². The number of esters is 1. The Bertz CT molecular complexity index is 1010. The van der Waals surface area contributed by atoms with Crippen molar-refractivity contribution in [2.75, 3.05) is 11.1 Å². The number of hydrogen-bond donors (Lipinski definition) is 3. The molecule has 4 N–H and O–H groups in total. The first-order valence-corrected chi connectivity index (χ1v) is 10.5. The molecule has 0 aliphatic carbocycles. The van der Waals surface area contributed by atoms with E-state index in [0.717, 1.165) is 0 Å². The van der Waals surface area contributed by atoms with Crippen molar-refractivity contribution in [3.05, 3.63) is 53.1 Å². The van der Waals surface area contributed by atoms with Gasteiger partial charge in [-0.2, -0.15) is 0 Å². The molecule has 2 aromatic carbocycles. The smallest absolute Gasteiger partial charge is 0.341 e. The summed E-state index contributed by atoms with van der Waals surface area (Å²) in [5.74, 6) is -1.34. The third kappa shape index (κ3) is 6.18. The first kappa shape index (κ1) is 22.7. The highest BCUT2D eigenvalue weighted by Gasteiger charge is 2.21. The predicted octanol–water partition coefficient (Wildman–Crippen LogP) is 2.79. The number of anilines is 2. The van der Waals surface area contributed by atoms with Crippen LogP contribution in [-0.2, 0) is 19.6 Å². The molecule has 0 heterocycles. The fraction of sp³-hybridized carbons (Fsp3) is 0.263. The average molecular weight is 440 g/mol. The highest BCUT2D eigenvalue weighted by molar-refractivity contribution is 7.89. The van der Waals surface area contributed by atoms with Crippen molar-refractivity contribution in [1.82, 2.24) is 4.72 Å². The number of carbonyl (C=O) groups excluding carboxylic acids is 2. The van der Waals surface area contributed by atoms with Gasteiger partial charge in [-0.25, -0.2) is 17.9 Å². The molecule has 2 aromatic rings. The molecule has 0 spiro atoms. The number of nitrogens with one attached hydrogen (secondary N) is 2. The van der Waals surface area contributed by atoms with E-state index in [1.807, 2.05) is 0 Å². The third-order valence-corrected chi connectivity index (χ3v) is 5.62. The molecule has 0 aromatic heterocycles. The largest absolute Gasteiger partial charge is 0.449 e. The maximum atomic E-state index is 12.3. The molecular formula is C19H22ClN3O5S. The zero-order valence-electron chi connectivity index (χ0n) is 16.1. The van der Waals surface area contributed by atoms with Gasteiger partial charge in [0.25, 0.3) is 5.91 Å². The van der Waals surface area contributed by atoms with E-state index in [4.69, 9.17) is 22.1 Å². The van der Waals surface area contributed by atoms with E-state index in [1.54, 1.807) is 13.8 Å². The minimum absolute atomic E-state index is 0.0712. The summed E-state index contributed by atoms with van der Waals surface area (Å²) < 4.78 is 31.8. The van der Waals surface area contributed by atoms with Crippen molar-refractivity contribution < 1.29 is 22.7 Å². The number of benzene rings is 2. The summed E-state index contributed by atoms with van der Waals surface area (Å²) in [6.07, 6.45) is -1.11. The van der Waals surface area contributed by atoms with Crippen LogP contribution in [0.4, 0.5) is 11.4 Å². The minimum atomic E-state index is -3.63. The van der Waals surface area contributed by atoms with E-state index < -0.39 is 28.0 Å². The summed E-state index contributed by atoms with van der Waals surface area (Å²) in [6.45, 7) is 4.84. The lowest BCUT2D eigenvalue weighted by Gasteiger charge is -2.15. The fourth-order valence-corrected chi connectivity index (χ4v) is 3.77. The third-order valence-electron chi connectivity index (χ3n) is 3.71. The average Bonchev–Trinajstić information content (AvgIpc) is 2.60. The van der Waals surface area contributed by atoms with Gasteiger partial charge in [-0.1, -0.05) is 11.6 Å². The Hall–Kier alpha value is -2.62. The summed E-state index contributed by atoms with van der Waals surface area (Å²) in [5, 5.41) is 2.93. The number of amides is 1. The van der Waals surface area contributed by atoms with Gasteiger partial charge in [-0.05, 0) is 63.2 Å². The van der Waals surface area contributed by atoms with Gasteiger partial charge in [-0.15, -0.1) is 0 Å². The van der Waals surface area contributed by atoms with Gasteiger partial charge in [0.15, 0.2) is 6.10 Å². The molecule has 1 unspecified atom stereocenters. The van der Waals surface area contributed by atoms with Crippen molar-refractivity contribution in [3.8, 4) is 0 Å². The number of halogens is 1. The van der Waals surface area contributed by atoms with Gasteiger partial charge in [0, 0.05) is 22.4 Å². The van der Waals surface area contributed by atoms with Crippen LogP contribution in [-0.4, -0.2) is 32.4 Å². The maximum absolute atomic E-state index is 12.3. The highest BCUT2D eigenvalue weighted by Crippen LogP contribution is 2.20. The van der Waals surface area contributed by atoms with Gasteiger partial charge in [0.2, 0.25) is 10.0 Å². The van der Waals surface area contributed by atoms with Gasteiger partial charge in [-0.3, -0.25) is 4.79 Å². The number of nitrogen functional groups attached to an aromatic ring is 1. The molecule has 8 nitrogen and oxygen atoms in total. The molecule has 0 fully saturated rings. The molecule has 0 bridgehead atoms. The number of carbonyl (C=O) groups is 2. The second-order valence-corrected chi connectivity index (χ2v) is 8.72. The van der Waals surface area contributed by atoms with Crippen LogP contribution >= 0.6 is 11.6 Å². The SMILES string of the molecule is CC(C)NS(=O)(=O)c1ccc(NC(=O)C(C)OC(=O)c2ccc(Cl)cc2N)cc1. The van der Waals surface area contributed by atoms with E-state index in [9.17, 15) is 18.0 Å². The normalized spacial score (nSPS) is 12.4. The van der Waals surface area contributed by atoms with E-state index in [0.29, 0.717) is 10.7 Å². The molecule has 1 amide bonds. The summed E-state index contributed by atoms with van der Waals surface area (Å²) in [5.41, 5.74) is 6.33. The maximum Gasteiger partial charge on any atom is 0.341 e. The van der Waals surface area contributed by atoms with Gasteiger partial charge < -0.3 is 15.8 Å². The van der Waals surface area contributed by atoms with Gasteiger partial charge in [0.1, 0.15) is 0 Å². The summed E-state index contributed by atoms with van der Waals surface area (Å²) in [7, 11) is -3.63. The second-order valence-electron chi connectivity index (χ2n) is 6.57. The van der Waals surface area contributed by atoms with Crippen LogP contribution in [0.2, 0.25) is 5.02 Å². The molecule has 2 rings (SSSR count). The molecule has 1 atom stereocenters. The number of rotatable bonds is 7. The lowest BCUT2D eigenvalue weighted by Crippen LogP contribution is -2.31. The van der Waals surface area contributed by atoms with Crippen molar-refractivity contribution in [3.63, 3.8) is 0 Å². The Labute approximate surface area is 174 Å². The van der Waals surface area contributed by atoms with E-state index >= 15 is 0 Å². The van der Waals surface area contributed by atoms with Crippen molar-refractivity contribution in [2.24, 2.45) is 0 Å². The summed E-state index contributed by atoms with van der Waals surface area (Å²) in [4.78, 5) is 24.5. The predicted molar refractivity (Wildman–Crippen MR) is 111 cm³/mol. The monoisotopic (exact) mass is 439 g/mol. The number of sulfonamides is 1. The quantitative estimate of drug-likeness (QED) is 0.449. The van der Waals surface area contributed by atoms with Crippen LogP contribution in [0.5, 0.6) is 0 Å². The Balaban J connectivity index is 2.01. The fourth-order valence-electron chi connectivity index (χ4n) is 2.34. The highest BCUT2D eigenvalue weighted by atomic mass is 35.5. The molecule has 156 valence electrons. The summed E-state index contributed by atoms with van der Waals surface area (Å²) in [6, 6.07) is 9.68. The Morgan fingerprint density at radius 3 is 2.24 bits per heavy atom. The molecule has 0 saturated carbocycles. The Kier molecular flexibility index (Phi) is 7.23. The lowest BCUT2D eigenvalue weighted by molar-refractivity contribution is -0.123. The standard InChI is InChI=1S/C19H22ClN3O5S/c1-11(2)23-29(26,27)15-7-5-14(6-8-15)22-18(24)12(3)28-19(25)16-9-4-13(20)10-17(16)21/h4-12,23H,21H2,1-3H3,(H,22,24). The van der Waals surface area contributed by atoms with E-state index in [1.165, 1.54) is 49.4 Å². The van der Waals surface area contributed by atoms with Gasteiger partial charge in [0.05, 0.1) is 10.5 Å². The van der Waals surface area contributed by atoms with E-state index in [-0.39, 0.29) is 22.2 Å².